The zero-order chi connectivity index (χ0) is 22.0. The second kappa shape index (κ2) is 9.71. The Morgan fingerprint density at radius 3 is 2.52 bits per heavy atom. The van der Waals surface area contributed by atoms with Crippen molar-refractivity contribution in [3.05, 3.63) is 63.0 Å². The molecule has 0 radical (unpaired) electrons. The van der Waals surface area contributed by atoms with Gasteiger partial charge in [0.25, 0.3) is 0 Å². The van der Waals surface area contributed by atoms with Crippen LogP contribution in [-0.4, -0.2) is 54.2 Å². The lowest BCUT2D eigenvalue weighted by molar-refractivity contribution is 0.0606. The van der Waals surface area contributed by atoms with Gasteiger partial charge < -0.3 is 15.0 Å². The highest BCUT2D eigenvalue weighted by Crippen LogP contribution is 2.37. The fourth-order valence-corrected chi connectivity index (χ4v) is 5.42. The molecule has 1 aliphatic heterocycles. The van der Waals surface area contributed by atoms with Crippen molar-refractivity contribution in [3.63, 3.8) is 0 Å². The Labute approximate surface area is 200 Å². The molecule has 0 amide bonds. The van der Waals surface area contributed by atoms with E-state index in [-0.39, 0.29) is 0 Å². The number of anilines is 1. The number of thiophene rings is 1. The summed E-state index contributed by atoms with van der Waals surface area (Å²) in [6, 6.07) is 13.8. The predicted molar refractivity (Wildman–Crippen MR) is 133 cm³/mol. The number of esters is 1. The van der Waals surface area contributed by atoms with Gasteiger partial charge in [-0.25, -0.2) is 4.79 Å². The van der Waals surface area contributed by atoms with Gasteiger partial charge in [-0.2, -0.15) is 0 Å². The second-order valence-electron chi connectivity index (χ2n) is 7.27. The van der Waals surface area contributed by atoms with Crippen molar-refractivity contribution in [2.24, 2.45) is 0 Å². The first-order chi connectivity index (χ1) is 14.9. The van der Waals surface area contributed by atoms with Crippen molar-refractivity contribution in [1.82, 2.24) is 9.80 Å². The monoisotopic (exact) mass is 493 g/mol. The van der Waals surface area contributed by atoms with Crippen LogP contribution in [0.5, 0.6) is 0 Å². The molecule has 1 aromatic heterocycles. The highest BCUT2D eigenvalue weighted by Gasteiger charge is 2.20. The van der Waals surface area contributed by atoms with E-state index in [9.17, 15) is 4.79 Å². The van der Waals surface area contributed by atoms with Crippen LogP contribution in [-0.2, 0) is 11.3 Å². The first kappa shape index (κ1) is 22.3. The molecule has 162 valence electrons. The Morgan fingerprint density at radius 2 is 1.84 bits per heavy atom. The molecule has 0 aliphatic carbocycles. The fraction of sp³-hybridized carbons (Fsp3) is 0.273. The van der Waals surface area contributed by atoms with E-state index in [2.05, 4.69) is 27.2 Å². The molecule has 0 atom stereocenters. The van der Waals surface area contributed by atoms with Crippen LogP contribution in [0, 0.1) is 0 Å². The Balaban J connectivity index is 1.36. The van der Waals surface area contributed by atoms with Crippen LogP contribution < -0.4 is 5.32 Å². The van der Waals surface area contributed by atoms with Crippen molar-refractivity contribution in [3.8, 4) is 0 Å². The number of hydrogen-bond donors (Lipinski definition) is 1. The van der Waals surface area contributed by atoms with Crippen molar-refractivity contribution < 1.29 is 9.53 Å². The number of ether oxygens (including phenoxy) is 1. The normalized spacial score (nSPS) is 14.6. The minimum Gasteiger partial charge on any atom is -0.465 e. The van der Waals surface area contributed by atoms with Gasteiger partial charge >= 0.3 is 5.97 Å². The maximum Gasteiger partial charge on any atom is 0.349 e. The van der Waals surface area contributed by atoms with Gasteiger partial charge in [0.2, 0.25) is 0 Å². The van der Waals surface area contributed by atoms with E-state index in [4.69, 9.17) is 40.2 Å². The van der Waals surface area contributed by atoms with Gasteiger partial charge in [0, 0.05) is 53.5 Å². The SMILES string of the molecule is COC(=O)c1sc2cc(NC(=S)N3CCN(Cc4ccc(Cl)cc4)CC3)ccc2c1Cl. The lowest BCUT2D eigenvalue weighted by Crippen LogP contribution is -2.49. The number of nitrogens with one attached hydrogen (secondary N) is 1. The van der Waals surface area contributed by atoms with Gasteiger partial charge in [0.15, 0.2) is 5.11 Å². The predicted octanol–water partition coefficient (Wildman–Crippen LogP) is 5.51. The Morgan fingerprint density at radius 1 is 1.13 bits per heavy atom. The number of nitrogens with zero attached hydrogens (tertiary/aromatic N) is 2. The van der Waals surface area contributed by atoms with Gasteiger partial charge in [-0.15, -0.1) is 11.3 Å². The number of methoxy groups -OCH3 is 1. The van der Waals surface area contributed by atoms with Crippen LogP contribution in [0.2, 0.25) is 10.0 Å². The first-order valence-electron chi connectivity index (χ1n) is 9.77. The third-order valence-electron chi connectivity index (χ3n) is 5.23. The van der Waals surface area contributed by atoms with E-state index in [0.29, 0.717) is 15.0 Å². The molecule has 0 saturated carbocycles. The van der Waals surface area contributed by atoms with Crippen molar-refractivity contribution in [1.29, 1.82) is 0 Å². The molecular formula is C22H21Cl2N3O2S2. The molecule has 2 aromatic carbocycles. The smallest absolute Gasteiger partial charge is 0.349 e. The number of thiocarbonyl (C=S) groups is 1. The number of fused-ring (bicyclic) bond motifs is 1. The molecule has 3 aromatic rings. The van der Waals surface area contributed by atoms with E-state index < -0.39 is 5.97 Å². The standard InChI is InChI=1S/C22H21Cl2N3O2S2/c1-29-21(28)20-19(24)17-7-6-16(12-18(17)31-20)25-22(30)27-10-8-26(9-11-27)13-14-2-4-15(23)5-3-14/h2-7,12H,8-11,13H2,1H3,(H,25,30). The summed E-state index contributed by atoms with van der Waals surface area (Å²) in [6.07, 6.45) is 0. The molecule has 5 nitrogen and oxygen atoms in total. The molecule has 0 spiro atoms. The number of benzene rings is 2. The molecule has 0 bridgehead atoms. The van der Waals surface area contributed by atoms with Gasteiger partial charge in [0.05, 0.1) is 12.1 Å². The molecule has 1 saturated heterocycles. The molecule has 31 heavy (non-hydrogen) atoms. The summed E-state index contributed by atoms with van der Waals surface area (Å²) >= 11 is 19.3. The van der Waals surface area contributed by atoms with Crippen molar-refractivity contribution in [2.45, 2.75) is 6.54 Å². The quantitative estimate of drug-likeness (QED) is 0.381. The number of hydrogen-bond acceptors (Lipinski definition) is 5. The lowest BCUT2D eigenvalue weighted by atomic mass is 10.2. The van der Waals surface area contributed by atoms with Crippen LogP contribution in [0.25, 0.3) is 10.1 Å². The largest absolute Gasteiger partial charge is 0.465 e. The Bertz CT molecular complexity index is 1110. The summed E-state index contributed by atoms with van der Waals surface area (Å²) in [6.45, 7) is 4.50. The zero-order valence-corrected chi connectivity index (χ0v) is 20.0. The molecule has 0 unspecified atom stereocenters. The minimum absolute atomic E-state index is 0.413. The lowest BCUT2D eigenvalue weighted by Gasteiger charge is -2.36. The summed E-state index contributed by atoms with van der Waals surface area (Å²) in [5.41, 5.74) is 2.13. The first-order valence-corrected chi connectivity index (χ1v) is 11.8. The van der Waals surface area contributed by atoms with Crippen LogP contribution in [0.3, 0.4) is 0 Å². The maximum absolute atomic E-state index is 11.9. The van der Waals surface area contributed by atoms with Crippen LogP contribution in [0.4, 0.5) is 5.69 Å². The highest BCUT2D eigenvalue weighted by atomic mass is 35.5. The number of carbonyl (C=O) groups is 1. The van der Waals surface area contributed by atoms with E-state index in [1.165, 1.54) is 24.0 Å². The third-order valence-corrected chi connectivity index (χ3v) is 7.48. The maximum atomic E-state index is 11.9. The Hall–Kier alpha value is -1.90. The van der Waals surface area contributed by atoms with Crippen molar-refractivity contribution >= 4 is 73.6 Å². The minimum atomic E-state index is -0.423. The van der Waals surface area contributed by atoms with Gasteiger partial charge in [-0.1, -0.05) is 35.3 Å². The molecule has 1 aliphatic rings. The summed E-state index contributed by atoms with van der Waals surface area (Å²) < 4.78 is 5.71. The zero-order valence-electron chi connectivity index (χ0n) is 16.9. The number of piperazine rings is 1. The molecule has 1 fully saturated rings. The van der Waals surface area contributed by atoms with Crippen LogP contribution >= 0.6 is 46.8 Å². The van der Waals surface area contributed by atoms with Gasteiger partial charge in [0.1, 0.15) is 4.88 Å². The average molecular weight is 494 g/mol. The number of rotatable bonds is 4. The van der Waals surface area contributed by atoms with E-state index in [0.717, 1.165) is 53.5 Å². The molecule has 4 rings (SSSR count). The summed E-state index contributed by atoms with van der Waals surface area (Å²) in [5, 5.41) is 6.03. The van der Waals surface area contributed by atoms with E-state index >= 15 is 0 Å². The summed E-state index contributed by atoms with van der Waals surface area (Å²) in [4.78, 5) is 16.9. The second-order valence-corrected chi connectivity index (χ2v) is 9.52. The van der Waals surface area contributed by atoms with Crippen LogP contribution in [0.1, 0.15) is 15.2 Å². The van der Waals surface area contributed by atoms with Crippen molar-refractivity contribution in [2.75, 3.05) is 38.6 Å². The molecule has 2 heterocycles. The Kier molecular flexibility index (Phi) is 6.99. The third kappa shape index (κ3) is 5.13. The van der Waals surface area contributed by atoms with Gasteiger partial charge in [-0.05, 0) is 48.1 Å². The molecular weight excluding hydrogens is 473 g/mol. The van der Waals surface area contributed by atoms with Crippen LogP contribution in [0.15, 0.2) is 42.5 Å². The average Bonchev–Trinajstić information content (AvgIpc) is 3.11. The highest BCUT2D eigenvalue weighted by molar-refractivity contribution is 7.80. The fourth-order valence-electron chi connectivity index (χ4n) is 3.53. The summed E-state index contributed by atoms with van der Waals surface area (Å²) in [5.74, 6) is -0.423. The molecule has 1 N–H and O–H groups in total. The topological polar surface area (TPSA) is 44.8 Å². The summed E-state index contributed by atoms with van der Waals surface area (Å²) in [7, 11) is 1.35. The number of halogens is 2. The molecule has 9 heteroatoms. The number of carbonyl (C=O) groups excluding carboxylic acids is 1. The van der Waals surface area contributed by atoms with E-state index in [1.807, 2.05) is 30.3 Å². The van der Waals surface area contributed by atoms with Gasteiger partial charge in [-0.3, -0.25) is 4.90 Å². The van der Waals surface area contributed by atoms with E-state index in [1.54, 1.807) is 0 Å².